The molecule has 1 aromatic carbocycles. The van der Waals surface area contributed by atoms with E-state index in [4.69, 9.17) is 23.2 Å². The molecule has 0 aromatic heterocycles. The zero-order chi connectivity index (χ0) is 13.5. The van der Waals surface area contributed by atoms with E-state index in [1.54, 1.807) is 11.9 Å². The van der Waals surface area contributed by atoms with Crippen LogP contribution in [-0.4, -0.2) is 35.4 Å². The first-order valence-electron chi connectivity index (χ1n) is 5.86. The summed E-state index contributed by atoms with van der Waals surface area (Å²) in [6, 6.07) is 4.37. The van der Waals surface area contributed by atoms with Gasteiger partial charge in [0.15, 0.2) is 0 Å². The lowest BCUT2D eigenvalue weighted by Crippen LogP contribution is -2.28. The van der Waals surface area contributed by atoms with Crippen molar-refractivity contribution < 1.29 is 9.90 Å². The number of phenols is 1. The molecule has 0 fully saturated rings. The molecule has 0 unspecified atom stereocenters. The number of unbranched alkanes of at least 4 members (excludes halogenated alkanes) is 2. The predicted octanol–water partition coefficient (Wildman–Crippen LogP) is 3.53. The van der Waals surface area contributed by atoms with E-state index >= 15 is 0 Å². The quantitative estimate of drug-likeness (QED) is 0.643. The first-order chi connectivity index (χ1) is 8.56. The van der Waals surface area contributed by atoms with Gasteiger partial charge in [0.1, 0.15) is 5.75 Å². The van der Waals surface area contributed by atoms with Crippen LogP contribution in [0.15, 0.2) is 18.2 Å². The maximum absolute atomic E-state index is 12.1. The molecule has 1 aromatic rings. The van der Waals surface area contributed by atoms with E-state index in [-0.39, 0.29) is 11.7 Å². The second-order valence-electron chi connectivity index (χ2n) is 4.14. The van der Waals surface area contributed by atoms with E-state index in [0.29, 0.717) is 23.0 Å². The van der Waals surface area contributed by atoms with Crippen LogP contribution in [0.3, 0.4) is 0 Å². The zero-order valence-corrected chi connectivity index (χ0v) is 11.8. The van der Waals surface area contributed by atoms with Gasteiger partial charge in [0, 0.05) is 19.5 Å². The molecule has 0 atom stereocenters. The van der Waals surface area contributed by atoms with Crippen molar-refractivity contribution in [3.8, 4) is 5.75 Å². The van der Waals surface area contributed by atoms with E-state index in [1.165, 1.54) is 18.2 Å². The van der Waals surface area contributed by atoms with E-state index in [0.717, 1.165) is 19.3 Å². The van der Waals surface area contributed by atoms with Crippen LogP contribution in [0.4, 0.5) is 0 Å². The fraction of sp³-hybridized carbons (Fsp3) is 0.462. The van der Waals surface area contributed by atoms with Crippen LogP contribution in [0.1, 0.15) is 29.6 Å². The van der Waals surface area contributed by atoms with E-state index in [9.17, 15) is 9.90 Å². The number of halogens is 2. The van der Waals surface area contributed by atoms with Crippen molar-refractivity contribution in [2.75, 3.05) is 19.5 Å². The molecular formula is C13H17Cl2NO2. The minimum Gasteiger partial charge on any atom is -0.508 e. The third-order valence-corrected chi connectivity index (χ3v) is 3.25. The Morgan fingerprint density at radius 3 is 2.72 bits per heavy atom. The third-order valence-electron chi connectivity index (χ3n) is 2.65. The van der Waals surface area contributed by atoms with Crippen LogP contribution in [0, 0.1) is 0 Å². The van der Waals surface area contributed by atoms with Gasteiger partial charge in [-0.05, 0) is 31.0 Å². The molecule has 5 heteroatoms. The highest BCUT2D eigenvalue weighted by atomic mass is 35.5. The summed E-state index contributed by atoms with van der Waals surface area (Å²) in [7, 11) is 1.73. The molecular weight excluding hydrogens is 273 g/mol. The van der Waals surface area contributed by atoms with Gasteiger partial charge in [-0.3, -0.25) is 4.79 Å². The molecule has 0 saturated heterocycles. The molecule has 1 N–H and O–H groups in total. The fourth-order valence-corrected chi connectivity index (χ4v) is 1.99. The van der Waals surface area contributed by atoms with Gasteiger partial charge in [-0.1, -0.05) is 18.0 Å². The number of aromatic hydroxyl groups is 1. The molecule has 0 aliphatic carbocycles. The summed E-state index contributed by atoms with van der Waals surface area (Å²) in [4.78, 5) is 13.7. The molecule has 18 heavy (non-hydrogen) atoms. The molecule has 3 nitrogen and oxygen atoms in total. The molecule has 0 bridgehead atoms. The van der Waals surface area contributed by atoms with E-state index in [2.05, 4.69) is 0 Å². The van der Waals surface area contributed by atoms with Crippen LogP contribution in [-0.2, 0) is 0 Å². The van der Waals surface area contributed by atoms with E-state index in [1.807, 2.05) is 0 Å². The Kier molecular flexibility index (Phi) is 6.30. The summed E-state index contributed by atoms with van der Waals surface area (Å²) >= 11 is 11.5. The Morgan fingerprint density at radius 2 is 2.06 bits per heavy atom. The lowest BCUT2D eigenvalue weighted by molar-refractivity contribution is 0.0792. The summed E-state index contributed by atoms with van der Waals surface area (Å²) in [5, 5.41) is 9.72. The van der Waals surface area contributed by atoms with Crippen LogP contribution < -0.4 is 0 Å². The number of hydrogen-bond donors (Lipinski definition) is 1. The molecule has 0 saturated carbocycles. The van der Waals surface area contributed by atoms with Crippen molar-refractivity contribution in [2.45, 2.75) is 19.3 Å². The largest absolute Gasteiger partial charge is 0.508 e. The first kappa shape index (κ1) is 15.1. The molecule has 0 heterocycles. The summed E-state index contributed by atoms with van der Waals surface area (Å²) in [5.41, 5.74) is 0.330. The van der Waals surface area contributed by atoms with Crippen molar-refractivity contribution in [3.63, 3.8) is 0 Å². The standard InChI is InChI=1S/C13H17Cl2NO2/c1-16(8-4-2-3-7-14)13(18)11-9-10(17)5-6-12(11)15/h5-6,9,17H,2-4,7-8H2,1H3. The van der Waals surface area contributed by atoms with Crippen molar-refractivity contribution in [3.05, 3.63) is 28.8 Å². The van der Waals surface area contributed by atoms with Gasteiger partial charge < -0.3 is 10.0 Å². The average Bonchev–Trinajstić information content (AvgIpc) is 2.36. The van der Waals surface area contributed by atoms with Gasteiger partial charge in [0.05, 0.1) is 10.6 Å². The Bertz CT molecular complexity index is 410. The van der Waals surface area contributed by atoms with Crippen LogP contribution in [0.2, 0.25) is 5.02 Å². The molecule has 0 radical (unpaired) electrons. The predicted molar refractivity (Wildman–Crippen MR) is 74.6 cm³/mol. The highest BCUT2D eigenvalue weighted by Crippen LogP contribution is 2.22. The second kappa shape index (κ2) is 7.49. The zero-order valence-electron chi connectivity index (χ0n) is 10.3. The van der Waals surface area contributed by atoms with Crippen molar-refractivity contribution in [2.24, 2.45) is 0 Å². The van der Waals surface area contributed by atoms with Crippen LogP contribution >= 0.6 is 23.2 Å². The number of rotatable bonds is 6. The van der Waals surface area contributed by atoms with Gasteiger partial charge in [-0.25, -0.2) is 0 Å². The maximum atomic E-state index is 12.1. The Labute approximate surface area is 117 Å². The summed E-state index contributed by atoms with van der Waals surface area (Å²) < 4.78 is 0. The Balaban J connectivity index is 2.60. The normalized spacial score (nSPS) is 10.4. The molecule has 0 aliphatic heterocycles. The summed E-state index contributed by atoms with van der Waals surface area (Å²) in [6.07, 6.45) is 2.86. The second-order valence-corrected chi connectivity index (χ2v) is 4.93. The Hall–Kier alpha value is -0.930. The highest BCUT2D eigenvalue weighted by Gasteiger charge is 2.15. The third kappa shape index (κ3) is 4.39. The van der Waals surface area contributed by atoms with Crippen molar-refractivity contribution >= 4 is 29.1 Å². The van der Waals surface area contributed by atoms with Crippen molar-refractivity contribution in [1.29, 1.82) is 0 Å². The number of hydrogen-bond acceptors (Lipinski definition) is 2. The minimum atomic E-state index is -0.179. The number of benzene rings is 1. The summed E-state index contributed by atoms with van der Waals surface area (Å²) in [6.45, 7) is 0.654. The van der Waals surface area contributed by atoms with Gasteiger partial charge in [-0.15, -0.1) is 11.6 Å². The van der Waals surface area contributed by atoms with E-state index < -0.39 is 0 Å². The lowest BCUT2D eigenvalue weighted by Gasteiger charge is -2.17. The lowest BCUT2D eigenvalue weighted by atomic mass is 10.1. The van der Waals surface area contributed by atoms with Gasteiger partial charge in [0.2, 0.25) is 0 Å². The number of phenolic OH excluding ortho intramolecular Hbond substituents is 1. The van der Waals surface area contributed by atoms with Gasteiger partial charge in [-0.2, -0.15) is 0 Å². The SMILES string of the molecule is CN(CCCCCCl)C(=O)c1cc(O)ccc1Cl. The topological polar surface area (TPSA) is 40.5 Å². The number of alkyl halides is 1. The number of carbonyl (C=O) groups excluding carboxylic acids is 1. The average molecular weight is 290 g/mol. The number of amides is 1. The number of nitrogens with zero attached hydrogens (tertiary/aromatic N) is 1. The van der Waals surface area contributed by atoms with Crippen molar-refractivity contribution in [1.82, 2.24) is 4.90 Å². The first-order valence-corrected chi connectivity index (χ1v) is 6.77. The van der Waals surface area contributed by atoms with Gasteiger partial charge >= 0.3 is 0 Å². The molecule has 1 rings (SSSR count). The number of carbonyl (C=O) groups is 1. The fourth-order valence-electron chi connectivity index (χ4n) is 1.60. The monoisotopic (exact) mass is 289 g/mol. The highest BCUT2D eigenvalue weighted by molar-refractivity contribution is 6.33. The molecule has 0 spiro atoms. The molecule has 1 amide bonds. The van der Waals surface area contributed by atoms with Gasteiger partial charge in [0.25, 0.3) is 5.91 Å². The smallest absolute Gasteiger partial charge is 0.255 e. The van der Waals surface area contributed by atoms with Crippen LogP contribution in [0.25, 0.3) is 0 Å². The maximum Gasteiger partial charge on any atom is 0.255 e. The summed E-state index contributed by atoms with van der Waals surface area (Å²) in [5.74, 6) is 0.510. The van der Waals surface area contributed by atoms with Crippen LogP contribution in [0.5, 0.6) is 5.75 Å². The molecule has 0 aliphatic rings. The molecule has 100 valence electrons. The minimum absolute atomic E-state index is 0.0401. The Morgan fingerprint density at radius 1 is 1.33 bits per heavy atom.